The van der Waals surface area contributed by atoms with Crippen LogP contribution in [-0.4, -0.2) is 63.9 Å². The second-order valence-corrected chi connectivity index (χ2v) is 6.68. The third-order valence-corrected chi connectivity index (χ3v) is 5.68. The first-order valence-electron chi connectivity index (χ1n) is 8.35. The molecular weight excluding hydrogens is 308 g/mol. The molecule has 3 heterocycles. The predicted octanol–water partition coefficient (Wildman–Crippen LogP) is 1.53. The Morgan fingerprint density at radius 3 is 3.04 bits per heavy atom. The van der Waals surface area contributed by atoms with Gasteiger partial charge in [0, 0.05) is 32.5 Å². The van der Waals surface area contributed by atoms with E-state index in [0.29, 0.717) is 17.8 Å². The predicted molar refractivity (Wildman–Crippen MR) is 86.8 cm³/mol. The number of likely N-dealkylation sites (tertiary alicyclic amines) is 1. The molecule has 1 aliphatic heterocycles. The molecule has 1 saturated heterocycles. The molecule has 0 spiro atoms. The summed E-state index contributed by atoms with van der Waals surface area (Å²) in [5, 5.41) is 7.88. The van der Waals surface area contributed by atoms with Gasteiger partial charge in [0.1, 0.15) is 6.33 Å². The number of rotatable bonds is 3. The monoisotopic (exact) mass is 330 g/mol. The summed E-state index contributed by atoms with van der Waals surface area (Å²) in [5.74, 6) is 0.0289. The highest BCUT2D eigenvalue weighted by atomic mass is 16.5. The summed E-state index contributed by atoms with van der Waals surface area (Å²) in [7, 11) is 3.50. The van der Waals surface area contributed by atoms with E-state index < -0.39 is 0 Å². The van der Waals surface area contributed by atoms with Gasteiger partial charge in [0.15, 0.2) is 5.65 Å². The van der Waals surface area contributed by atoms with E-state index in [9.17, 15) is 4.79 Å². The normalized spacial score (nSPS) is 29.8. The highest BCUT2D eigenvalue weighted by Crippen LogP contribution is 2.43. The molecule has 128 valence electrons. The Morgan fingerprint density at radius 2 is 2.25 bits per heavy atom. The van der Waals surface area contributed by atoms with E-state index in [1.807, 2.05) is 17.2 Å². The topological polar surface area (TPSA) is 69.0 Å². The van der Waals surface area contributed by atoms with Crippen molar-refractivity contribution in [2.45, 2.75) is 43.4 Å². The Kier molecular flexibility index (Phi) is 3.77. The molecule has 0 radical (unpaired) electrons. The first-order chi connectivity index (χ1) is 11.7. The number of nitrogens with zero attached hydrogens (tertiary/aromatic N) is 4. The van der Waals surface area contributed by atoms with Crippen molar-refractivity contribution in [1.82, 2.24) is 19.5 Å². The molecule has 7 nitrogen and oxygen atoms in total. The van der Waals surface area contributed by atoms with E-state index >= 15 is 0 Å². The summed E-state index contributed by atoms with van der Waals surface area (Å²) in [6, 6.07) is 3.67. The van der Waals surface area contributed by atoms with Crippen molar-refractivity contribution in [2.24, 2.45) is 0 Å². The second-order valence-electron chi connectivity index (χ2n) is 6.68. The fourth-order valence-electron chi connectivity index (χ4n) is 4.24. The molecule has 2 aliphatic rings. The average Bonchev–Trinajstić information content (AvgIpc) is 3.24. The number of amides is 1. The quantitative estimate of drug-likeness (QED) is 0.854. The third kappa shape index (κ3) is 2.31. The lowest BCUT2D eigenvalue weighted by molar-refractivity contribution is -0.0893. The SMILES string of the molecule is CO[C@H]1CC[C@@]2(OC)CCN(C(=O)c3ccn4cnnc4c3)[C@H]2C1. The number of fused-ring (bicyclic) bond motifs is 2. The molecule has 1 amide bonds. The lowest BCUT2D eigenvalue weighted by Gasteiger charge is -2.43. The van der Waals surface area contributed by atoms with Gasteiger partial charge in [-0.05, 0) is 37.8 Å². The summed E-state index contributed by atoms with van der Waals surface area (Å²) < 4.78 is 13.2. The van der Waals surface area contributed by atoms with Crippen LogP contribution in [0.25, 0.3) is 5.65 Å². The van der Waals surface area contributed by atoms with Crippen LogP contribution in [0.2, 0.25) is 0 Å². The van der Waals surface area contributed by atoms with Crippen molar-refractivity contribution in [3.8, 4) is 0 Å². The van der Waals surface area contributed by atoms with E-state index in [1.54, 1.807) is 31.0 Å². The maximum atomic E-state index is 13.1. The van der Waals surface area contributed by atoms with E-state index in [1.165, 1.54) is 0 Å². The molecule has 0 unspecified atom stereocenters. The first kappa shape index (κ1) is 15.5. The van der Waals surface area contributed by atoms with Crippen LogP contribution >= 0.6 is 0 Å². The number of hydrogen-bond acceptors (Lipinski definition) is 5. The number of carbonyl (C=O) groups excluding carboxylic acids is 1. The van der Waals surface area contributed by atoms with E-state index in [2.05, 4.69) is 10.2 Å². The lowest BCUT2D eigenvalue weighted by Crippen LogP contribution is -2.53. The van der Waals surface area contributed by atoms with Crippen LogP contribution in [0.5, 0.6) is 0 Å². The zero-order chi connectivity index (χ0) is 16.7. The van der Waals surface area contributed by atoms with Crippen LogP contribution in [0.4, 0.5) is 0 Å². The van der Waals surface area contributed by atoms with Crippen molar-refractivity contribution in [1.29, 1.82) is 0 Å². The van der Waals surface area contributed by atoms with Crippen LogP contribution < -0.4 is 0 Å². The largest absolute Gasteiger partial charge is 0.381 e. The Balaban J connectivity index is 1.63. The Morgan fingerprint density at radius 1 is 1.38 bits per heavy atom. The summed E-state index contributed by atoms with van der Waals surface area (Å²) >= 11 is 0. The van der Waals surface area contributed by atoms with Crippen LogP contribution in [0.1, 0.15) is 36.0 Å². The lowest BCUT2D eigenvalue weighted by atomic mass is 9.79. The van der Waals surface area contributed by atoms with Crippen LogP contribution in [0, 0.1) is 0 Å². The van der Waals surface area contributed by atoms with Crippen LogP contribution in [-0.2, 0) is 9.47 Å². The standard InChI is InChI=1S/C17H22N4O3/c1-23-13-3-5-17(24-2)6-8-21(14(17)10-13)16(22)12-4-7-20-11-18-19-15(20)9-12/h4,7,9,11,13-14H,3,5-6,8,10H2,1-2H3/t13-,14-,17+/m0/s1. The number of aromatic nitrogens is 3. The van der Waals surface area contributed by atoms with E-state index in [4.69, 9.17) is 9.47 Å². The van der Waals surface area contributed by atoms with E-state index in [-0.39, 0.29) is 23.7 Å². The smallest absolute Gasteiger partial charge is 0.254 e. The molecular formula is C17H22N4O3. The highest BCUT2D eigenvalue weighted by molar-refractivity contribution is 5.95. The first-order valence-corrected chi connectivity index (χ1v) is 8.35. The maximum Gasteiger partial charge on any atom is 0.254 e. The van der Waals surface area contributed by atoms with Crippen molar-refractivity contribution < 1.29 is 14.3 Å². The van der Waals surface area contributed by atoms with Gasteiger partial charge in [-0.2, -0.15) is 0 Å². The van der Waals surface area contributed by atoms with Gasteiger partial charge in [0.25, 0.3) is 5.91 Å². The van der Waals surface area contributed by atoms with Crippen LogP contribution in [0.3, 0.4) is 0 Å². The van der Waals surface area contributed by atoms with E-state index in [0.717, 1.165) is 25.7 Å². The number of carbonyl (C=O) groups is 1. The molecule has 3 atom stereocenters. The van der Waals surface area contributed by atoms with Gasteiger partial charge in [-0.3, -0.25) is 9.20 Å². The fourth-order valence-corrected chi connectivity index (χ4v) is 4.24. The number of ether oxygens (including phenoxy) is 2. The van der Waals surface area contributed by atoms with Crippen molar-refractivity contribution in [3.05, 3.63) is 30.2 Å². The van der Waals surface area contributed by atoms with Gasteiger partial charge in [-0.1, -0.05) is 0 Å². The zero-order valence-corrected chi connectivity index (χ0v) is 14.0. The zero-order valence-electron chi connectivity index (χ0n) is 14.0. The summed E-state index contributed by atoms with van der Waals surface area (Å²) in [6.45, 7) is 0.714. The van der Waals surface area contributed by atoms with Crippen LogP contribution in [0.15, 0.2) is 24.7 Å². The molecule has 0 bridgehead atoms. The van der Waals surface area contributed by atoms with Gasteiger partial charge in [0.05, 0.1) is 17.7 Å². The third-order valence-electron chi connectivity index (χ3n) is 5.68. The van der Waals surface area contributed by atoms with Gasteiger partial charge in [-0.15, -0.1) is 10.2 Å². The molecule has 2 fully saturated rings. The van der Waals surface area contributed by atoms with Gasteiger partial charge in [-0.25, -0.2) is 0 Å². The molecule has 0 N–H and O–H groups in total. The van der Waals surface area contributed by atoms with Crippen molar-refractivity contribution >= 4 is 11.6 Å². The number of methoxy groups -OCH3 is 2. The van der Waals surface area contributed by atoms with Gasteiger partial charge >= 0.3 is 0 Å². The minimum absolute atomic E-state index is 0.0289. The van der Waals surface area contributed by atoms with Gasteiger partial charge < -0.3 is 14.4 Å². The molecule has 2 aromatic rings. The molecule has 24 heavy (non-hydrogen) atoms. The van der Waals surface area contributed by atoms with Crippen molar-refractivity contribution in [3.63, 3.8) is 0 Å². The minimum atomic E-state index is -0.232. The molecule has 1 saturated carbocycles. The Hall–Kier alpha value is -1.99. The summed E-state index contributed by atoms with van der Waals surface area (Å²) in [6.07, 6.45) is 7.24. The molecule has 2 aromatic heterocycles. The highest BCUT2D eigenvalue weighted by Gasteiger charge is 2.52. The second kappa shape index (κ2) is 5.82. The maximum absolute atomic E-state index is 13.1. The number of pyridine rings is 1. The average molecular weight is 330 g/mol. The minimum Gasteiger partial charge on any atom is -0.381 e. The molecule has 4 rings (SSSR count). The molecule has 7 heteroatoms. The Labute approximate surface area is 140 Å². The number of hydrogen-bond donors (Lipinski definition) is 0. The van der Waals surface area contributed by atoms with Crippen molar-refractivity contribution in [2.75, 3.05) is 20.8 Å². The summed E-state index contributed by atoms with van der Waals surface area (Å²) in [5.41, 5.74) is 1.09. The molecule has 1 aliphatic carbocycles. The Bertz CT molecular complexity index is 761. The van der Waals surface area contributed by atoms with Gasteiger partial charge in [0.2, 0.25) is 0 Å². The fraction of sp³-hybridized carbons (Fsp3) is 0.588. The summed E-state index contributed by atoms with van der Waals surface area (Å²) in [4.78, 5) is 15.0. The molecule has 0 aromatic carbocycles.